The van der Waals surface area contributed by atoms with Crippen molar-refractivity contribution in [1.29, 1.82) is 0 Å². The smallest absolute Gasteiger partial charge is 0.149 e. The quantitative estimate of drug-likeness (QED) is 0.866. The first kappa shape index (κ1) is 12.4. The molecule has 0 bridgehead atoms. The summed E-state index contributed by atoms with van der Waals surface area (Å²) in [6, 6.07) is 6.10. The van der Waals surface area contributed by atoms with E-state index in [1.54, 1.807) is 18.2 Å². The Labute approximate surface area is 110 Å². The Bertz CT molecular complexity index is 553. The molecular formula is C11H7BrClFN2O. The molecule has 1 N–H and O–H groups in total. The van der Waals surface area contributed by atoms with Crippen molar-refractivity contribution < 1.29 is 9.50 Å². The molecule has 0 aromatic carbocycles. The van der Waals surface area contributed by atoms with Gasteiger partial charge in [-0.05, 0) is 34.1 Å². The minimum Gasteiger partial charge on any atom is -0.380 e. The van der Waals surface area contributed by atoms with Crippen molar-refractivity contribution in [1.82, 2.24) is 9.97 Å². The summed E-state index contributed by atoms with van der Waals surface area (Å²) in [4.78, 5) is 7.81. The van der Waals surface area contributed by atoms with E-state index >= 15 is 0 Å². The van der Waals surface area contributed by atoms with Crippen molar-refractivity contribution >= 4 is 27.5 Å². The standard InChI is InChI=1S/C11H7BrClFN2O/c12-9-3-1-2-8(16-9)11(17)10-7(14)4-6(13)5-15-10/h1-5,11,17H. The van der Waals surface area contributed by atoms with E-state index < -0.39 is 11.9 Å². The maximum absolute atomic E-state index is 13.5. The van der Waals surface area contributed by atoms with E-state index in [1.165, 1.54) is 6.20 Å². The normalized spacial score (nSPS) is 12.5. The van der Waals surface area contributed by atoms with Gasteiger partial charge in [0.15, 0.2) is 0 Å². The molecule has 2 rings (SSSR count). The van der Waals surface area contributed by atoms with Gasteiger partial charge in [0.25, 0.3) is 0 Å². The van der Waals surface area contributed by atoms with Crippen molar-refractivity contribution in [3.05, 3.63) is 57.3 Å². The highest BCUT2D eigenvalue weighted by Gasteiger charge is 2.18. The topological polar surface area (TPSA) is 46.0 Å². The zero-order chi connectivity index (χ0) is 12.4. The van der Waals surface area contributed by atoms with Crippen LogP contribution in [0.1, 0.15) is 17.5 Å². The summed E-state index contributed by atoms with van der Waals surface area (Å²) in [5.41, 5.74) is 0.216. The molecule has 1 atom stereocenters. The first-order valence-electron chi connectivity index (χ1n) is 4.69. The first-order chi connectivity index (χ1) is 8.08. The molecule has 0 spiro atoms. The lowest BCUT2D eigenvalue weighted by Crippen LogP contribution is -2.07. The van der Waals surface area contributed by atoms with Gasteiger partial charge < -0.3 is 5.11 Å². The Morgan fingerprint density at radius 3 is 2.82 bits per heavy atom. The number of hydrogen-bond acceptors (Lipinski definition) is 3. The molecule has 2 aromatic heterocycles. The summed E-state index contributed by atoms with van der Waals surface area (Å²) in [6.45, 7) is 0. The van der Waals surface area contributed by atoms with Gasteiger partial charge >= 0.3 is 0 Å². The molecule has 0 amide bonds. The van der Waals surface area contributed by atoms with Crippen LogP contribution in [0.5, 0.6) is 0 Å². The van der Waals surface area contributed by atoms with E-state index in [-0.39, 0.29) is 10.7 Å². The Morgan fingerprint density at radius 2 is 2.18 bits per heavy atom. The van der Waals surface area contributed by atoms with Crippen LogP contribution in [0.4, 0.5) is 4.39 Å². The molecule has 6 heteroatoms. The van der Waals surface area contributed by atoms with Gasteiger partial charge in [-0.15, -0.1) is 0 Å². The largest absolute Gasteiger partial charge is 0.380 e. The van der Waals surface area contributed by atoms with Gasteiger partial charge in [0.2, 0.25) is 0 Å². The van der Waals surface area contributed by atoms with E-state index in [0.717, 1.165) is 6.07 Å². The number of pyridine rings is 2. The van der Waals surface area contributed by atoms with Crippen LogP contribution in [0, 0.1) is 5.82 Å². The van der Waals surface area contributed by atoms with Crippen molar-refractivity contribution in [2.75, 3.05) is 0 Å². The Kier molecular flexibility index (Phi) is 3.71. The summed E-state index contributed by atoms with van der Waals surface area (Å²) < 4.78 is 14.1. The van der Waals surface area contributed by atoms with Crippen molar-refractivity contribution in [3.63, 3.8) is 0 Å². The number of hydrogen-bond donors (Lipinski definition) is 1. The van der Waals surface area contributed by atoms with Crippen LogP contribution in [-0.2, 0) is 0 Å². The van der Waals surface area contributed by atoms with Crippen LogP contribution < -0.4 is 0 Å². The van der Waals surface area contributed by atoms with E-state index in [1.807, 2.05) is 0 Å². The molecule has 1 unspecified atom stereocenters. The van der Waals surface area contributed by atoms with Gasteiger partial charge in [-0.3, -0.25) is 4.98 Å². The second-order valence-electron chi connectivity index (χ2n) is 3.31. The van der Waals surface area contributed by atoms with Crippen molar-refractivity contribution in [2.24, 2.45) is 0 Å². The molecule has 88 valence electrons. The fraction of sp³-hybridized carbons (Fsp3) is 0.0909. The van der Waals surface area contributed by atoms with Crippen LogP contribution in [0.3, 0.4) is 0 Å². The Balaban J connectivity index is 2.40. The first-order valence-corrected chi connectivity index (χ1v) is 5.86. The minimum atomic E-state index is -1.22. The summed E-state index contributed by atoms with van der Waals surface area (Å²) in [6.07, 6.45) is 0.0611. The van der Waals surface area contributed by atoms with Gasteiger partial charge in [-0.25, -0.2) is 9.37 Å². The summed E-state index contributed by atoms with van der Waals surface area (Å²) >= 11 is 8.76. The molecular weight excluding hydrogens is 310 g/mol. The number of rotatable bonds is 2. The predicted molar refractivity (Wildman–Crippen MR) is 65.2 cm³/mol. The third-order valence-electron chi connectivity index (χ3n) is 2.11. The second-order valence-corrected chi connectivity index (χ2v) is 4.56. The highest BCUT2D eigenvalue weighted by molar-refractivity contribution is 9.10. The number of halogens is 3. The third kappa shape index (κ3) is 2.80. The number of aromatic nitrogens is 2. The van der Waals surface area contributed by atoms with E-state index in [2.05, 4.69) is 25.9 Å². The molecule has 0 saturated heterocycles. The average molecular weight is 318 g/mol. The third-order valence-corrected chi connectivity index (χ3v) is 2.76. The fourth-order valence-corrected chi connectivity index (χ4v) is 1.84. The molecule has 0 aliphatic rings. The molecule has 2 heterocycles. The van der Waals surface area contributed by atoms with Gasteiger partial charge in [0.1, 0.15) is 22.2 Å². The number of nitrogens with zero attached hydrogens (tertiary/aromatic N) is 2. The molecule has 2 aromatic rings. The van der Waals surface area contributed by atoms with Crippen LogP contribution >= 0.6 is 27.5 Å². The van der Waals surface area contributed by atoms with Gasteiger partial charge in [0.05, 0.1) is 10.7 Å². The van der Waals surface area contributed by atoms with Gasteiger partial charge in [-0.1, -0.05) is 17.7 Å². The Hall–Kier alpha value is -1.04. The van der Waals surface area contributed by atoms with Crippen LogP contribution in [0.2, 0.25) is 5.02 Å². The molecule has 17 heavy (non-hydrogen) atoms. The number of aliphatic hydroxyl groups is 1. The highest BCUT2D eigenvalue weighted by Crippen LogP contribution is 2.23. The molecule has 0 aliphatic heterocycles. The lowest BCUT2D eigenvalue weighted by Gasteiger charge is -2.10. The monoisotopic (exact) mass is 316 g/mol. The fourth-order valence-electron chi connectivity index (χ4n) is 1.34. The summed E-state index contributed by atoms with van der Waals surface area (Å²) in [5, 5.41) is 10.1. The van der Waals surface area contributed by atoms with Crippen LogP contribution in [0.15, 0.2) is 35.1 Å². The van der Waals surface area contributed by atoms with Crippen molar-refractivity contribution in [3.8, 4) is 0 Å². The predicted octanol–water partition coefficient (Wildman–Crippen LogP) is 3.11. The molecule has 0 saturated carbocycles. The zero-order valence-corrected chi connectivity index (χ0v) is 10.8. The van der Waals surface area contributed by atoms with E-state index in [4.69, 9.17) is 11.6 Å². The lowest BCUT2D eigenvalue weighted by molar-refractivity contribution is 0.204. The Morgan fingerprint density at radius 1 is 1.41 bits per heavy atom. The van der Waals surface area contributed by atoms with E-state index in [9.17, 15) is 9.50 Å². The minimum absolute atomic E-state index is 0.0972. The molecule has 0 fully saturated rings. The second kappa shape index (κ2) is 5.08. The van der Waals surface area contributed by atoms with E-state index in [0.29, 0.717) is 10.3 Å². The molecule has 3 nitrogen and oxygen atoms in total. The van der Waals surface area contributed by atoms with Crippen molar-refractivity contribution in [2.45, 2.75) is 6.10 Å². The summed E-state index contributed by atoms with van der Waals surface area (Å²) in [7, 11) is 0. The zero-order valence-electron chi connectivity index (χ0n) is 8.44. The lowest BCUT2D eigenvalue weighted by atomic mass is 10.1. The maximum atomic E-state index is 13.5. The van der Waals surface area contributed by atoms with Gasteiger partial charge in [0, 0.05) is 6.20 Å². The highest BCUT2D eigenvalue weighted by atomic mass is 79.9. The molecule has 0 aliphatic carbocycles. The number of aliphatic hydroxyl groups excluding tert-OH is 1. The SMILES string of the molecule is OC(c1cccc(Br)n1)c1ncc(Cl)cc1F. The molecule has 0 radical (unpaired) electrons. The maximum Gasteiger partial charge on any atom is 0.149 e. The summed E-state index contributed by atoms with van der Waals surface area (Å²) in [5.74, 6) is -0.660. The van der Waals surface area contributed by atoms with Crippen LogP contribution in [-0.4, -0.2) is 15.1 Å². The van der Waals surface area contributed by atoms with Gasteiger partial charge in [-0.2, -0.15) is 0 Å². The van der Waals surface area contributed by atoms with Crippen LogP contribution in [0.25, 0.3) is 0 Å². The average Bonchev–Trinajstić information content (AvgIpc) is 2.28.